The van der Waals surface area contributed by atoms with Crippen LogP contribution in [0, 0.1) is 0 Å². The summed E-state index contributed by atoms with van der Waals surface area (Å²) in [7, 11) is 0. The van der Waals surface area contributed by atoms with E-state index in [0.717, 1.165) is 22.0 Å². The molecule has 2 unspecified atom stereocenters. The second-order valence-electron chi connectivity index (χ2n) is 7.08. The molecule has 0 amide bonds. The third kappa shape index (κ3) is 3.74. The molecule has 0 saturated heterocycles. The minimum absolute atomic E-state index is 0.0137. The number of rotatable bonds is 5. The Hall–Kier alpha value is -3.37. The molecule has 1 aliphatic rings. The lowest BCUT2D eigenvalue weighted by atomic mass is 10.1. The predicted molar refractivity (Wildman–Crippen MR) is 126 cm³/mol. The lowest BCUT2D eigenvalue weighted by Gasteiger charge is -2.33. The largest absolute Gasteiger partial charge is 0.326 e. The molecule has 0 aliphatic carbocycles. The van der Waals surface area contributed by atoms with E-state index in [-0.39, 0.29) is 11.4 Å². The first-order valence-corrected chi connectivity index (χ1v) is 10.9. The van der Waals surface area contributed by atoms with Crippen molar-refractivity contribution in [2.45, 2.75) is 11.4 Å². The number of hydrogen-bond acceptors (Lipinski definition) is 4. The Labute approximate surface area is 181 Å². The van der Waals surface area contributed by atoms with E-state index in [9.17, 15) is 0 Å². The van der Waals surface area contributed by atoms with Gasteiger partial charge >= 0.3 is 0 Å². The van der Waals surface area contributed by atoms with Crippen molar-refractivity contribution in [3.8, 4) is 0 Å². The first kappa shape index (κ1) is 18.6. The predicted octanol–water partition coefficient (Wildman–Crippen LogP) is 6.48. The molecule has 30 heavy (non-hydrogen) atoms. The van der Waals surface area contributed by atoms with Crippen molar-refractivity contribution < 1.29 is 0 Å². The molecular formula is C26H21N3S. The zero-order valence-corrected chi connectivity index (χ0v) is 17.2. The second-order valence-corrected chi connectivity index (χ2v) is 8.18. The Morgan fingerprint density at radius 1 is 0.633 bits per heavy atom. The van der Waals surface area contributed by atoms with Gasteiger partial charge in [0, 0.05) is 29.3 Å². The topological polar surface area (TPSA) is 28.5 Å². The number of aromatic nitrogens is 1. The van der Waals surface area contributed by atoms with Gasteiger partial charge in [0.25, 0.3) is 0 Å². The van der Waals surface area contributed by atoms with Crippen LogP contribution in [0.5, 0.6) is 0 Å². The molecule has 4 aromatic rings. The number of hydrogen-bond donors (Lipinski definition) is 0. The highest BCUT2D eigenvalue weighted by atomic mass is 32.2. The molecule has 5 rings (SSSR count). The highest BCUT2D eigenvalue weighted by molar-refractivity contribution is 8.15. The van der Waals surface area contributed by atoms with Gasteiger partial charge in [-0.3, -0.25) is 9.98 Å². The molecule has 3 nitrogen and oxygen atoms in total. The quantitative estimate of drug-likeness (QED) is 0.379. The second kappa shape index (κ2) is 8.56. The van der Waals surface area contributed by atoms with E-state index in [1.54, 1.807) is 0 Å². The fourth-order valence-corrected chi connectivity index (χ4v) is 5.11. The van der Waals surface area contributed by atoms with Crippen molar-refractivity contribution in [3.63, 3.8) is 0 Å². The zero-order valence-electron chi connectivity index (χ0n) is 16.4. The van der Waals surface area contributed by atoms with Crippen LogP contribution < -0.4 is 4.90 Å². The van der Waals surface area contributed by atoms with Crippen LogP contribution in [0.1, 0.15) is 17.2 Å². The SMILES string of the molecule is c1ccc(C2N=C(c3ccncc3)SC2N(c2ccccc2)c2ccccc2)cc1. The maximum atomic E-state index is 5.19. The Balaban J connectivity index is 1.62. The summed E-state index contributed by atoms with van der Waals surface area (Å²) < 4.78 is 0. The number of pyridine rings is 1. The lowest BCUT2D eigenvalue weighted by molar-refractivity contribution is 0.694. The smallest absolute Gasteiger partial charge is 0.112 e. The molecule has 0 radical (unpaired) electrons. The van der Waals surface area contributed by atoms with Crippen LogP contribution in [0.3, 0.4) is 0 Å². The summed E-state index contributed by atoms with van der Waals surface area (Å²) in [6.07, 6.45) is 3.66. The molecule has 1 aliphatic heterocycles. The molecule has 3 aromatic carbocycles. The van der Waals surface area contributed by atoms with Crippen molar-refractivity contribution in [1.29, 1.82) is 0 Å². The zero-order chi connectivity index (χ0) is 20.2. The Morgan fingerprint density at radius 3 is 1.73 bits per heavy atom. The number of nitrogens with zero attached hydrogens (tertiary/aromatic N) is 3. The highest BCUT2D eigenvalue weighted by Crippen LogP contribution is 2.45. The van der Waals surface area contributed by atoms with Crippen LogP contribution >= 0.6 is 11.8 Å². The highest BCUT2D eigenvalue weighted by Gasteiger charge is 2.37. The molecule has 2 heterocycles. The number of benzene rings is 3. The van der Waals surface area contributed by atoms with E-state index >= 15 is 0 Å². The summed E-state index contributed by atoms with van der Waals surface area (Å²) in [5.41, 5.74) is 4.65. The van der Waals surface area contributed by atoms with Crippen molar-refractivity contribution in [3.05, 3.63) is 127 Å². The van der Waals surface area contributed by atoms with Crippen LogP contribution in [0.4, 0.5) is 11.4 Å². The molecule has 0 N–H and O–H groups in total. The van der Waals surface area contributed by atoms with Crippen molar-refractivity contribution in [2.24, 2.45) is 4.99 Å². The van der Waals surface area contributed by atoms with E-state index in [1.807, 2.05) is 36.3 Å². The van der Waals surface area contributed by atoms with E-state index in [2.05, 4.69) is 101 Å². The van der Waals surface area contributed by atoms with Gasteiger partial charge in [-0.15, -0.1) is 0 Å². The number of para-hydroxylation sites is 2. The lowest BCUT2D eigenvalue weighted by Crippen LogP contribution is -2.31. The summed E-state index contributed by atoms with van der Waals surface area (Å²) >= 11 is 1.81. The molecule has 0 bridgehead atoms. The molecule has 0 saturated carbocycles. The fourth-order valence-electron chi connectivity index (χ4n) is 3.74. The first-order chi connectivity index (χ1) is 14.9. The minimum Gasteiger partial charge on any atom is -0.326 e. The van der Waals surface area contributed by atoms with Crippen LogP contribution in [-0.4, -0.2) is 15.4 Å². The molecule has 1 aromatic heterocycles. The monoisotopic (exact) mass is 407 g/mol. The van der Waals surface area contributed by atoms with Gasteiger partial charge in [-0.2, -0.15) is 0 Å². The van der Waals surface area contributed by atoms with Crippen LogP contribution in [0.2, 0.25) is 0 Å². The third-order valence-corrected chi connectivity index (χ3v) is 6.42. The van der Waals surface area contributed by atoms with E-state index in [1.165, 1.54) is 5.56 Å². The first-order valence-electron chi connectivity index (χ1n) is 9.99. The summed E-state index contributed by atoms with van der Waals surface area (Å²) in [5, 5.41) is 1.15. The molecule has 4 heteroatoms. The Kier molecular flexibility index (Phi) is 5.32. The molecule has 2 atom stereocenters. The summed E-state index contributed by atoms with van der Waals surface area (Å²) in [5.74, 6) is 0. The van der Waals surface area contributed by atoms with Gasteiger partial charge in [0.05, 0.1) is 0 Å². The summed E-state index contributed by atoms with van der Waals surface area (Å²) in [6, 6.07) is 35.8. The maximum absolute atomic E-state index is 5.19. The Bertz CT molecular complexity index is 1080. The molecule has 0 spiro atoms. The van der Waals surface area contributed by atoms with Crippen LogP contribution in [0.25, 0.3) is 0 Å². The van der Waals surface area contributed by atoms with Gasteiger partial charge in [0.1, 0.15) is 16.5 Å². The van der Waals surface area contributed by atoms with Gasteiger partial charge in [0.2, 0.25) is 0 Å². The maximum Gasteiger partial charge on any atom is 0.112 e. The van der Waals surface area contributed by atoms with Gasteiger partial charge in [-0.05, 0) is 42.0 Å². The van der Waals surface area contributed by atoms with Gasteiger partial charge < -0.3 is 4.90 Å². The average Bonchev–Trinajstić information content (AvgIpc) is 3.27. The number of thioether (sulfide) groups is 1. The van der Waals surface area contributed by atoms with Crippen molar-refractivity contribution in [1.82, 2.24) is 4.98 Å². The standard InChI is InChI=1S/C26H21N3S/c1-4-10-20(11-5-1)24-26(30-25(28-24)21-16-18-27-19-17-21)29(22-12-6-2-7-13-22)23-14-8-3-9-15-23/h1-19,24,26H. The van der Waals surface area contributed by atoms with Crippen molar-refractivity contribution in [2.75, 3.05) is 4.90 Å². The van der Waals surface area contributed by atoms with Gasteiger partial charge in [0.15, 0.2) is 0 Å². The van der Waals surface area contributed by atoms with Crippen LogP contribution in [0.15, 0.2) is 121 Å². The summed E-state index contributed by atoms with van der Waals surface area (Å²) in [4.78, 5) is 11.8. The minimum atomic E-state index is 0.0137. The fraction of sp³-hybridized carbons (Fsp3) is 0.0769. The Morgan fingerprint density at radius 2 is 1.17 bits per heavy atom. The summed E-state index contributed by atoms with van der Waals surface area (Å²) in [6.45, 7) is 0. The molecule has 0 fully saturated rings. The van der Waals surface area contributed by atoms with Gasteiger partial charge in [-0.25, -0.2) is 0 Å². The third-order valence-electron chi connectivity index (χ3n) is 5.15. The molecule has 146 valence electrons. The van der Waals surface area contributed by atoms with E-state index in [4.69, 9.17) is 4.99 Å². The van der Waals surface area contributed by atoms with Crippen molar-refractivity contribution >= 4 is 28.2 Å². The number of anilines is 2. The van der Waals surface area contributed by atoms with E-state index in [0.29, 0.717) is 0 Å². The van der Waals surface area contributed by atoms with Crippen LogP contribution in [-0.2, 0) is 0 Å². The normalized spacial score (nSPS) is 18.1. The average molecular weight is 408 g/mol. The number of aliphatic imine (C=N–C) groups is 1. The molecular weight excluding hydrogens is 386 g/mol. The van der Waals surface area contributed by atoms with Gasteiger partial charge in [-0.1, -0.05) is 78.5 Å². The van der Waals surface area contributed by atoms with E-state index < -0.39 is 0 Å².